The van der Waals surface area contributed by atoms with E-state index in [0.717, 1.165) is 48.6 Å². The Labute approximate surface area is 111 Å². The van der Waals surface area contributed by atoms with Gasteiger partial charge < -0.3 is 20.7 Å². The molecule has 1 saturated carbocycles. The van der Waals surface area contributed by atoms with Crippen LogP contribution < -0.4 is 10.6 Å². The standard InChI is InChI=1S/C14H18N4O/c15-9-2-3-11-12(5-9)17-14(16-11)18-6-8-1-4-13(19)10(8)7-18/h2-3,5,8,10,13,19H,1,4,6-7,15H2,(H,16,17). The Balaban J connectivity index is 1.65. The molecule has 0 radical (unpaired) electrons. The van der Waals surface area contributed by atoms with Gasteiger partial charge in [0.2, 0.25) is 5.95 Å². The van der Waals surface area contributed by atoms with Gasteiger partial charge in [0.25, 0.3) is 0 Å². The van der Waals surface area contributed by atoms with E-state index in [9.17, 15) is 5.11 Å². The fraction of sp³-hybridized carbons (Fsp3) is 0.500. The molecular formula is C14H18N4O. The summed E-state index contributed by atoms with van der Waals surface area (Å²) < 4.78 is 0. The molecule has 4 rings (SSSR count). The SMILES string of the molecule is Nc1ccc2nc(N3CC4CCC(O)C4C3)[nH]c2c1. The first kappa shape index (κ1) is 11.1. The highest BCUT2D eigenvalue weighted by atomic mass is 16.3. The lowest BCUT2D eigenvalue weighted by molar-refractivity contribution is 0.133. The molecule has 2 aliphatic rings. The summed E-state index contributed by atoms with van der Waals surface area (Å²) in [5, 5.41) is 9.97. The molecule has 1 aromatic heterocycles. The third-order valence-electron chi connectivity index (χ3n) is 4.61. The second-order valence-electron chi connectivity index (χ2n) is 5.81. The van der Waals surface area contributed by atoms with Gasteiger partial charge in [-0.25, -0.2) is 4.98 Å². The number of nitrogens with zero attached hydrogens (tertiary/aromatic N) is 2. The first-order valence-corrected chi connectivity index (χ1v) is 6.89. The summed E-state index contributed by atoms with van der Waals surface area (Å²) in [6.07, 6.45) is 1.96. The second kappa shape index (κ2) is 3.87. The van der Waals surface area contributed by atoms with Crippen LogP contribution in [0.15, 0.2) is 18.2 Å². The highest BCUT2D eigenvalue weighted by molar-refractivity contribution is 5.80. The lowest BCUT2D eigenvalue weighted by Crippen LogP contribution is -2.25. The molecule has 1 aliphatic carbocycles. The van der Waals surface area contributed by atoms with E-state index in [4.69, 9.17) is 5.73 Å². The summed E-state index contributed by atoms with van der Waals surface area (Å²) in [5.41, 5.74) is 8.46. The number of fused-ring (bicyclic) bond motifs is 2. The van der Waals surface area contributed by atoms with Crippen LogP contribution in [0, 0.1) is 11.8 Å². The normalized spacial score (nSPS) is 30.2. The molecule has 100 valence electrons. The van der Waals surface area contributed by atoms with E-state index >= 15 is 0 Å². The van der Waals surface area contributed by atoms with Crippen molar-refractivity contribution in [2.24, 2.45) is 11.8 Å². The zero-order chi connectivity index (χ0) is 13.0. The van der Waals surface area contributed by atoms with E-state index in [1.165, 1.54) is 0 Å². The van der Waals surface area contributed by atoms with Gasteiger partial charge in [-0.15, -0.1) is 0 Å². The molecule has 3 atom stereocenters. The highest BCUT2D eigenvalue weighted by Crippen LogP contribution is 2.39. The lowest BCUT2D eigenvalue weighted by Gasteiger charge is -2.16. The van der Waals surface area contributed by atoms with Crippen LogP contribution in [0.1, 0.15) is 12.8 Å². The molecular weight excluding hydrogens is 240 g/mol. The molecule has 2 fully saturated rings. The topological polar surface area (TPSA) is 78.2 Å². The summed E-state index contributed by atoms with van der Waals surface area (Å²) in [5.74, 6) is 1.94. The quantitative estimate of drug-likeness (QED) is 0.675. The number of aliphatic hydroxyl groups is 1. The minimum atomic E-state index is -0.130. The Morgan fingerprint density at radius 2 is 2.21 bits per heavy atom. The van der Waals surface area contributed by atoms with E-state index in [-0.39, 0.29) is 6.10 Å². The molecule has 1 aromatic carbocycles. The predicted octanol–water partition coefficient (Wildman–Crippen LogP) is 1.35. The van der Waals surface area contributed by atoms with E-state index in [1.54, 1.807) is 0 Å². The van der Waals surface area contributed by atoms with Crippen LogP contribution in [0.25, 0.3) is 11.0 Å². The third kappa shape index (κ3) is 1.69. The van der Waals surface area contributed by atoms with E-state index in [2.05, 4.69) is 14.9 Å². The number of anilines is 2. The van der Waals surface area contributed by atoms with Crippen molar-refractivity contribution in [3.05, 3.63) is 18.2 Å². The second-order valence-corrected chi connectivity index (χ2v) is 5.81. The Bertz CT molecular complexity index is 623. The molecule has 1 aliphatic heterocycles. The first-order chi connectivity index (χ1) is 9.20. The number of nitrogen functional groups attached to an aromatic ring is 1. The van der Waals surface area contributed by atoms with Crippen molar-refractivity contribution in [3.63, 3.8) is 0 Å². The molecule has 19 heavy (non-hydrogen) atoms. The fourth-order valence-electron chi connectivity index (χ4n) is 3.57. The Morgan fingerprint density at radius 3 is 3.05 bits per heavy atom. The largest absolute Gasteiger partial charge is 0.399 e. The fourth-order valence-corrected chi connectivity index (χ4v) is 3.57. The minimum Gasteiger partial charge on any atom is -0.399 e. The van der Waals surface area contributed by atoms with Crippen LogP contribution >= 0.6 is 0 Å². The summed E-state index contributed by atoms with van der Waals surface area (Å²) in [4.78, 5) is 10.2. The molecule has 0 spiro atoms. The highest BCUT2D eigenvalue weighted by Gasteiger charge is 2.42. The Kier molecular flexibility index (Phi) is 2.26. The number of aromatic amines is 1. The number of imidazole rings is 1. The number of rotatable bonds is 1. The molecule has 1 saturated heterocycles. The van der Waals surface area contributed by atoms with Crippen molar-refractivity contribution in [3.8, 4) is 0 Å². The van der Waals surface area contributed by atoms with Crippen LogP contribution in [0.4, 0.5) is 11.6 Å². The van der Waals surface area contributed by atoms with Crippen LogP contribution in [0.3, 0.4) is 0 Å². The van der Waals surface area contributed by atoms with Gasteiger partial charge in [-0.05, 0) is 37.0 Å². The van der Waals surface area contributed by atoms with E-state index < -0.39 is 0 Å². The van der Waals surface area contributed by atoms with Gasteiger partial charge in [-0.3, -0.25) is 0 Å². The van der Waals surface area contributed by atoms with Crippen LogP contribution in [-0.2, 0) is 0 Å². The number of aromatic nitrogens is 2. The van der Waals surface area contributed by atoms with Gasteiger partial charge >= 0.3 is 0 Å². The zero-order valence-corrected chi connectivity index (χ0v) is 10.7. The number of benzene rings is 1. The van der Waals surface area contributed by atoms with Crippen molar-refractivity contribution < 1.29 is 5.11 Å². The Hall–Kier alpha value is -1.75. The van der Waals surface area contributed by atoms with E-state index in [0.29, 0.717) is 11.8 Å². The average molecular weight is 258 g/mol. The lowest BCUT2D eigenvalue weighted by atomic mass is 10.00. The molecule has 0 amide bonds. The van der Waals surface area contributed by atoms with Gasteiger partial charge in [0, 0.05) is 24.7 Å². The maximum atomic E-state index is 9.97. The maximum Gasteiger partial charge on any atom is 0.203 e. The van der Waals surface area contributed by atoms with Crippen molar-refractivity contribution in [2.75, 3.05) is 23.7 Å². The molecule has 5 nitrogen and oxygen atoms in total. The number of hydrogen-bond donors (Lipinski definition) is 3. The summed E-state index contributed by atoms with van der Waals surface area (Å²) in [6.45, 7) is 1.90. The third-order valence-corrected chi connectivity index (χ3v) is 4.61. The van der Waals surface area contributed by atoms with Crippen molar-refractivity contribution >= 4 is 22.7 Å². The Morgan fingerprint density at radius 1 is 1.32 bits per heavy atom. The summed E-state index contributed by atoms with van der Waals surface area (Å²) in [6, 6.07) is 5.73. The van der Waals surface area contributed by atoms with Gasteiger partial charge in [0.15, 0.2) is 0 Å². The minimum absolute atomic E-state index is 0.130. The van der Waals surface area contributed by atoms with Crippen LogP contribution in [0.5, 0.6) is 0 Å². The van der Waals surface area contributed by atoms with Crippen molar-refractivity contribution in [1.29, 1.82) is 0 Å². The molecule has 2 heterocycles. The van der Waals surface area contributed by atoms with Crippen molar-refractivity contribution in [1.82, 2.24) is 9.97 Å². The number of hydrogen-bond acceptors (Lipinski definition) is 4. The molecule has 3 unspecified atom stereocenters. The molecule has 2 aromatic rings. The molecule has 5 heteroatoms. The average Bonchev–Trinajstić information content (AvgIpc) is 3.04. The smallest absolute Gasteiger partial charge is 0.203 e. The first-order valence-electron chi connectivity index (χ1n) is 6.89. The maximum absolute atomic E-state index is 9.97. The number of nitrogens with one attached hydrogen (secondary N) is 1. The van der Waals surface area contributed by atoms with Gasteiger partial charge in [0.1, 0.15) is 0 Å². The van der Waals surface area contributed by atoms with Gasteiger partial charge in [-0.1, -0.05) is 0 Å². The number of aliphatic hydroxyl groups excluding tert-OH is 1. The monoisotopic (exact) mass is 258 g/mol. The summed E-state index contributed by atoms with van der Waals surface area (Å²) in [7, 11) is 0. The van der Waals surface area contributed by atoms with Gasteiger partial charge in [-0.2, -0.15) is 0 Å². The molecule has 4 N–H and O–H groups in total. The zero-order valence-electron chi connectivity index (χ0n) is 10.7. The van der Waals surface area contributed by atoms with Crippen LogP contribution in [0.2, 0.25) is 0 Å². The molecule has 0 bridgehead atoms. The number of H-pyrrole nitrogens is 1. The van der Waals surface area contributed by atoms with Crippen LogP contribution in [-0.4, -0.2) is 34.3 Å². The predicted molar refractivity (Wildman–Crippen MR) is 74.9 cm³/mol. The van der Waals surface area contributed by atoms with Gasteiger partial charge in [0.05, 0.1) is 17.1 Å². The van der Waals surface area contributed by atoms with Crippen molar-refractivity contribution in [2.45, 2.75) is 18.9 Å². The number of nitrogens with two attached hydrogens (primary N) is 1. The summed E-state index contributed by atoms with van der Waals surface area (Å²) >= 11 is 0. The van der Waals surface area contributed by atoms with E-state index in [1.807, 2.05) is 18.2 Å².